The molecule has 0 bridgehead atoms. The summed E-state index contributed by atoms with van der Waals surface area (Å²) in [4.78, 5) is 8.30. The number of halogens is 7. The van der Waals surface area contributed by atoms with E-state index in [4.69, 9.17) is 0 Å². The van der Waals surface area contributed by atoms with Gasteiger partial charge in [-0.2, -0.15) is 26.3 Å². The molecule has 0 fully saturated rings. The lowest BCUT2D eigenvalue weighted by molar-refractivity contribution is -0.143. The highest BCUT2D eigenvalue weighted by molar-refractivity contribution is 5.81. The number of alkyl halides is 6. The molecular weight excluding hydrogens is 475 g/mol. The highest BCUT2D eigenvalue weighted by Gasteiger charge is 2.37. The quantitative estimate of drug-likeness (QED) is 0.350. The van der Waals surface area contributed by atoms with E-state index in [2.05, 4.69) is 15.3 Å². The third kappa shape index (κ3) is 6.17. The lowest BCUT2D eigenvalue weighted by Gasteiger charge is -2.16. The number of hydrogen-bond acceptors (Lipinski definition) is 3. The molecule has 0 atom stereocenters. The monoisotopic (exact) mass is 497 g/mol. The number of benzene rings is 2. The molecule has 0 spiro atoms. The van der Waals surface area contributed by atoms with Crippen LogP contribution in [0.15, 0.2) is 48.7 Å². The Balaban J connectivity index is 1.99. The van der Waals surface area contributed by atoms with Crippen LogP contribution in [0.3, 0.4) is 0 Å². The number of allylic oxidation sites excluding steroid dienone is 1. The summed E-state index contributed by atoms with van der Waals surface area (Å²) in [5.74, 6) is -0.532. The van der Waals surface area contributed by atoms with Crippen molar-refractivity contribution in [1.29, 1.82) is 0 Å². The Bertz CT molecular complexity index is 1210. The van der Waals surface area contributed by atoms with Crippen LogP contribution >= 0.6 is 0 Å². The third-order valence-corrected chi connectivity index (χ3v) is 5.27. The van der Waals surface area contributed by atoms with Gasteiger partial charge in [0, 0.05) is 17.4 Å². The zero-order chi connectivity index (χ0) is 26.0. The molecule has 1 aromatic heterocycles. The molecule has 186 valence electrons. The van der Waals surface area contributed by atoms with Gasteiger partial charge in [-0.05, 0) is 60.7 Å². The summed E-state index contributed by atoms with van der Waals surface area (Å²) in [7, 11) is 0. The molecule has 3 rings (SSSR count). The molecule has 3 nitrogen and oxygen atoms in total. The molecule has 0 radical (unpaired) electrons. The maximum atomic E-state index is 14.4. The minimum atomic E-state index is -4.97. The van der Waals surface area contributed by atoms with Crippen LogP contribution in [0.25, 0.3) is 5.57 Å². The maximum Gasteiger partial charge on any atom is 0.416 e. The van der Waals surface area contributed by atoms with Crippen LogP contribution in [0.5, 0.6) is 0 Å². The largest absolute Gasteiger partial charge is 0.416 e. The number of rotatable bonds is 6. The van der Waals surface area contributed by atoms with Gasteiger partial charge in [0.2, 0.25) is 5.95 Å². The average molecular weight is 497 g/mol. The second-order valence-corrected chi connectivity index (χ2v) is 7.80. The van der Waals surface area contributed by atoms with Gasteiger partial charge in [0.1, 0.15) is 5.82 Å². The van der Waals surface area contributed by atoms with Crippen LogP contribution < -0.4 is 5.32 Å². The van der Waals surface area contributed by atoms with Gasteiger partial charge in [-0.1, -0.05) is 32.1 Å². The summed E-state index contributed by atoms with van der Waals surface area (Å²) >= 11 is 0. The first-order chi connectivity index (χ1) is 16.3. The topological polar surface area (TPSA) is 37.8 Å². The van der Waals surface area contributed by atoms with Crippen molar-refractivity contribution in [3.8, 4) is 0 Å². The number of anilines is 2. The second kappa shape index (κ2) is 10.1. The molecular formula is C25H22F7N3. The fourth-order valence-corrected chi connectivity index (χ4v) is 3.54. The Labute approximate surface area is 197 Å². The van der Waals surface area contributed by atoms with Crippen molar-refractivity contribution in [2.45, 2.75) is 46.0 Å². The Hall–Kier alpha value is -3.43. The molecule has 1 N–H and O–H groups in total. The minimum absolute atomic E-state index is 0.0468. The fourth-order valence-electron chi connectivity index (χ4n) is 3.54. The zero-order valence-corrected chi connectivity index (χ0v) is 19.1. The van der Waals surface area contributed by atoms with Crippen molar-refractivity contribution in [3.63, 3.8) is 0 Å². The fraction of sp³-hybridized carbons (Fsp3) is 0.280. The Morgan fingerprint density at radius 3 is 2.06 bits per heavy atom. The van der Waals surface area contributed by atoms with Crippen molar-refractivity contribution >= 4 is 17.2 Å². The van der Waals surface area contributed by atoms with Crippen LogP contribution in [-0.4, -0.2) is 9.97 Å². The van der Waals surface area contributed by atoms with E-state index >= 15 is 0 Å². The first kappa shape index (κ1) is 26.2. The molecule has 3 aromatic rings. The summed E-state index contributed by atoms with van der Waals surface area (Å²) in [5, 5.41) is 2.43. The average Bonchev–Trinajstić information content (AvgIpc) is 2.76. The Morgan fingerprint density at radius 2 is 1.57 bits per heavy atom. The van der Waals surface area contributed by atoms with Gasteiger partial charge in [0.15, 0.2) is 0 Å². The Morgan fingerprint density at radius 1 is 0.943 bits per heavy atom. The molecule has 0 amide bonds. The highest BCUT2D eigenvalue weighted by Crippen LogP contribution is 2.38. The number of aromatic nitrogens is 2. The van der Waals surface area contributed by atoms with Gasteiger partial charge in [-0.25, -0.2) is 14.4 Å². The number of aryl methyl sites for hydroxylation is 2. The summed E-state index contributed by atoms with van der Waals surface area (Å²) in [6, 6.07) is 6.03. The van der Waals surface area contributed by atoms with E-state index in [0.717, 1.165) is 0 Å². The normalized spacial score (nSPS) is 12.7. The van der Waals surface area contributed by atoms with E-state index in [1.807, 2.05) is 19.9 Å². The molecule has 0 saturated heterocycles. The van der Waals surface area contributed by atoms with E-state index in [1.165, 1.54) is 12.3 Å². The molecule has 0 saturated carbocycles. The lowest BCUT2D eigenvalue weighted by Crippen LogP contribution is -2.12. The van der Waals surface area contributed by atoms with Crippen molar-refractivity contribution in [2.24, 2.45) is 0 Å². The standard InChI is InChI=1S/C25H22F7N3/c1-4-6-20(16-8-7-15(5-2)22(26)9-16)21-13-33-23(34-14(21)3)35-19-11-17(24(27,28)29)10-18(12-19)25(30,31)32/h6-13H,4-5H2,1-3H3,(H,33,34,35)/b20-6-. The van der Waals surface area contributed by atoms with E-state index in [9.17, 15) is 30.7 Å². The van der Waals surface area contributed by atoms with Crippen LogP contribution in [0.1, 0.15) is 53.8 Å². The molecule has 0 aliphatic carbocycles. The number of hydrogen-bond donors (Lipinski definition) is 1. The molecule has 0 aliphatic heterocycles. The maximum absolute atomic E-state index is 14.4. The zero-order valence-electron chi connectivity index (χ0n) is 19.1. The number of nitrogens with one attached hydrogen (secondary N) is 1. The predicted octanol–water partition coefficient (Wildman–Crippen LogP) is 8.11. The molecule has 10 heteroatoms. The predicted molar refractivity (Wildman–Crippen MR) is 120 cm³/mol. The first-order valence-electron chi connectivity index (χ1n) is 10.7. The summed E-state index contributed by atoms with van der Waals surface area (Å²) in [6.45, 7) is 5.36. The Kier molecular flexibility index (Phi) is 7.52. The molecule has 0 aliphatic rings. The first-order valence-corrected chi connectivity index (χ1v) is 10.7. The van der Waals surface area contributed by atoms with Gasteiger partial charge < -0.3 is 5.32 Å². The van der Waals surface area contributed by atoms with Crippen molar-refractivity contribution in [2.75, 3.05) is 5.32 Å². The lowest BCUT2D eigenvalue weighted by atomic mass is 9.95. The van der Waals surface area contributed by atoms with Crippen LogP contribution in [0, 0.1) is 12.7 Å². The smallest absolute Gasteiger partial charge is 0.324 e. The van der Waals surface area contributed by atoms with Gasteiger partial charge in [0.25, 0.3) is 0 Å². The summed E-state index contributed by atoms with van der Waals surface area (Å²) in [5.41, 5.74) is -0.565. The highest BCUT2D eigenvalue weighted by atomic mass is 19.4. The summed E-state index contributed by atoms with van der Waals surface area (Å²) in [6.07, 6.45) is -5.53. The van der Waals surface area contributed by atoms with E-state index in [0.29, 0.717) is 52.9 Å². The summed E-state index contributed by atoms with van der Waals surface area (Å²) < 4.78 is 93.2. The van der Waals surface area contributed by atoms with E-state index < -0.39 is 29.2 Å². The molecule has 1 heterocycles. The number of nitrogens with zero attached hydrogens (tertiary/aromatic N) is 2. The van der Waals surface area contributed by atoms with Crippen LogP contribution in [-0.2, 0) is 18.8 Å². The van der Waals surface area contributed by atoms with Gasteiger partial charge in [0.05, 0.1) is 16.8 Å². The molecule has 0 unspecified atom stereocenters. The minimum Gasteiger partial charge on any atom is -0.324 e. The van der Waals surface area contributed by atoms with Crippen LogP contribution in [0.4, 0.5) is 42.4 Å². The van der Waals surface area contributed by atoms with Gasteiger partial charge in [-0.15, -0.1) is 0 Å². The van der Waals surface area contributed by atoms with Crippen molar-refractivity contribution < 1.29 is 30.7 Å². The van der Waals surface area contributed by atoms with E-state index in [-0.39, 0.29) is 17.8 Å². The SMILES string of the molecule is CC/C=C(/c1ccc(CC)c(F)c1)c1cnc(Nc2cc(C(F)(F)F)cc(C(F)(F)F)c2)nc1C. The van der Waals surface area contributed by atoms with E-state index in [1.54, 1.807) is 19.1 Å². The molecule has 2 aromatic carbocycles. The van der Waals surface area contributed by atoms with Crippen molar-refractivity contribution in [1.82, 2.24) is 9.97 Å². The van der Waals surface area contributed by atoms with Crippen molar-refractivity contribution in [3.05, 3.63) is 88.0 Å². The third-order valence-electron chi connectivity index (χ3n) is 5.27. The molecule has 35 heavy (non-hydrogen) atoms. The second-order valence-electron chi connectivity index (χ2n) is 7.80. The van der Waals surface area contributed by atoms with Gasteiger partial charge in [-0.3, -0.25) is 0 Å². The van der Waals surface area contributed by atoms with Crippen LogP contribution in [0.2, 0.25) is 0 Å². The van der Waals surface area contributed by atoms with Gasteiger partial charge >= 0.3 is 12.4 Å².